The van der Waals surface area contributed by atoms with Crippen LogP contribution in [0.5, 0.6) is 11.5 Å². The standard InChI is InChI=1S/C21H19F3N2O3S/c1-2-28-18-6-4-3-5-17(18)20-26-15(12-30-20)11-19(27)25-14-7-9-16(10-8-14)29-13-21(22,23)24/h3-10,12H,2,11,13H2,1H3,(H,25,27). The van der Waals surface area contributed by atoms with E-state index in [0.717, 1.165) is 16.3 Å². The van der Waals surface area contributed by atoms with E-state index in [0.29, 0.717) is 18.0 Å². The Balaban J connectivity index is 1.58. The molecule has 0 fully saturated rings. The number of nitrogens with zero attached hydrogens (tertiary/aromatic N) is 1. The van der Waals surface area contributed by atoms with Gasteiger partial charge in [0.15, 0.2) is 6.61 Å². The quantitative estimate of drug-likeness (QED) is 0.519. The predicted molar refractivity (Wildman–Crippen MR) is 109 cm³/mol. The molecule has 0 atom stereocenters. The number of anilines is 1. The van der Waals surface area contributed by atoms with Crippen LogP contribution in [0.2, 0.25) is 0 Å². The Hall–Kier alpha value is -3.07. The molecule has 0 bridgehead atoms. The van der Waals surface area contributed by atoms with E-state index in [-0.39, 0.29) is 18.1 Å². The second kappa shape index (κ2) is 9.62. The van der Waals surface area contributed by atoms with Crippen molar-refractivity contribution in [1.82, 2.24) is 4.98 Å². The Morgan fingerprint density at radius 1 is 1.10 bits per heavy atom. The molecule has 1 N–H and O–H groups in total. The van der Waals surface area contributed by atoms with Gasteiger partial charge in [0, 0.05) is 11.1 Å². The van der Waals surface area contributed by atoms with Gasteiger partial charge in [-0.05, 0) is 43.3 Å². The van der Waals surface area contributed by atoms with Gasteiger partial charge in [-0.1, -0.05) is 12.1 Å². The highest BCUT2D eigenvalue weighted by molar-refractivity contribution is 7.13. The van der Waals surface area contributed by atoms with E-state index in [2.05, 4.69) is 15.0 Å². The van der Waals surface area contributed by atoms with Crippen LogP contribution in [-0.2, 0) is 11.2 Å². The maximum Gasteiger partial charge on any atom is 0.422 e. The van der Waals surface area contributed by atoms with E-state index < -0.39 is 12.8 Å². The summed E-state index contributed by atoms with van der Waals surface area (Å²) in [5.74, 6) is 0.523. The number of carbonyl (C=O) groups is 1. The Kier molecular flexibility index (Phi) is 6.94. The number of carbonyl (C=O) groups excluding carboxylic acids is 1. The van der Waals surface area contributed by atoms with Crippen LogP contribution in [0.4, 0.5) is 18.9 Å². The smallest absolute Gasteiger partial charge is 0.422 e. The number of alkyl halides is 3. The minimum atomic E-state index is -4.40. The summed E-state index contributed by atoms with van der Waals surface area (Å²) in [5, 5.41) is 5.26. The lowest BCUT2D eigenvalue weighted by Gasteiger charge is -2.10. The highest BCUT2D eigenvalue weighted by Gasteiger charge is 2.28. The van der Waals surface area contributed by atoms with E-state index in [1.54, 1.807) is 0 Å². The number of benzene rings is 2. The molecule has 1 heterocycles. The lowest BCUT2D eigenvalue weighted by atomic mass is 10.2. The Labute approximate surface area is 175 Å². The molecule has 0 aliphatic carbocycles. The monoisotopic (exact) mass is 436 g/mol. The second-order valence-corrected chi connectivity index (χ2v) is 7.08. The number of thiazole rings is 1. The van der Waals surface area contributed by atoms with Crippen molar-refractivity contribution in [3.05, 3.63) is 59.6 Å². The average Bonchev–Trinajstić information content (AvgIpc) is 3.15. The second-order valence-electron chi connectivity index (χ2n) is 6.23. The molecule has 3 rings (SSSR count). The van der Waals surface area contributed by atoms with E-state index in [9.17, 15) is 18.0 Å². The molecule has 1 aromatic heterocycles. The number of hydrogen-bond acceptors (Lipinski definition) is 5. The Morgan fingerprint density at radius 3 is 2.53 bits per heavy atom. The molecule has 9 heteroatoms. The molecular formula is C21H19F3N2O3S. The Bertz CT molecular complexity index is 988. The number of para-hydroxylation sites is 1. The molecule has 0 aliphatic rings. The van der Waals surface area contributed by atoms with E-state index in [4.69, 9.17) is 4.74 Å². The van der Waals surface area contributed by atoms with Gasteiger partial charge < -0.3 is 14.8 Å². The van der Waals surface area contributed by atoms with Crippen molar-refractivity contribution in [3.63, 3.8) is 0 Å². The molecule has 0 unspecified atom stereocenters. The van der Waals surface area contributed by atoms with Crippen molar-refractivity contribution in [2.24, 2.45) is 0 Å². The number of rotatable bonds is 8. The number of hydrogen-bond donors (Lipinski definition) is 1. The zero-order chi connectivity index (χ0) is 21.6. The zero-order valence-electron chi connectivity index (χ0n) is 16.0. The number of ether oxygens (including phenoxy) is 2. The molecule has 0 aliphatic heterocycles. The lowest BCUT2D eigenvalue weighted by Crippen LogP contribution is -2.19. The van der Waals surface area contributed by atoms with Gasteiger partial charge in [-0.25, -0.2) is 4.98 Å². The molecule has 2 aromatic carbocycles. The van der Waals surface area contributed by atoms with E-state index in [1.165, 1.54) is 35.6 Å². The fourth-order valence-electron chi connectivity index (χ4n) is 2.61. The Morgan fingerprint density at radius 2 is 1.83 bits per heavy atom. The third-order valence-corrected chi connectivity index (χ3v) is 4.78. The van der Waals surface area contributed by atoms with E-state index >= 15 is 0 Å². The predicted octanol–water partition coefficient (Wildman–Crippen LogP) is 5.33. The van der Waals surface area contributed by atoms with Gasteiger partial charge in [0.25, 0.3) is 0 Å². The highest BCUT2D eigenvalue weighted by Crippen LogP contribution is 2.32. The summed E-state index contributed by atoms with van der Waals surface area (Å²) in [4.78, 5) is 16.8. The molecule has 3 aromatic rings. The van der Waals surface area contributed by atoms with Crippen molar-refractivity contribution in [2.45, 2.75) is 19.5 Å². The van der Waals surface area contributed by atoms with Crippen molar-refractivity contribution >= 4 is 22.9 Å². The average molecular weight is 436 g/mol. The summed E-state index contributed by atoms with van der Waals surface area (Å²) in [6, 6.07) is 13.3. The van der Waals surface area contributed by atoms with Gasteiger partial charge >= 0.3 is 6.18 Å². The van der Waals surface area contributed by atoms with Crippen molar-refractivity contribution < 1.29 is 27.4 Å². The largest absolute Gasteiger partial charge is 0.493 e. The molecule has 5 nitrogen and oxygen atoms in total. The number of amides is 1. The molecule has 1 amide bonds. The van der Waals surface area contributed by atoms with Gasteiger partial charge in [-0.2, -0.15) is 13.2 Å². The van der Waals surface area contributed by atoms with Gasteiger partial charge in [0.05, 0.1) is 24.3 Å². The summed E-state index contributed by atoms with van der Waals surface area (Å²) in [6.07, 6.45) is -4.33. The molecule has 0 radical (unpaired) electrons. The van der Waals surface area contributed by atoms with Crippen LogP contribution in [0.15, 0.2) is 53.9 Å². The van der Waals surface area contributed by atoms with E-state index in [1.807, 2.05) is 36.6 Å². The molecular weight excluding hydrogens is 417 g/mol. The maximum absolute atomic E-state index is 12.3. The first-order chi connectivity index (χ1) is 14.3. The lowest BCUT2D eigenvalue weighted by molar-refractivity contribution is -0.153. The summed E-state index contributed by atoms with van der Waals surface area (Å²) in [7, 11) is 0. The third kappa shape index (κ3) is 6.21. The molecule has 0 saturated heterocycles. The number of nitrogens with one attached hydrogen (secondary N) is 1. The first-order valence-electron chi connectivity index (χ1n) is 9.10. The van der Waals surface area contributed by atoms with Gasteiger partial charge in [-0.15, -0.1) is 11.3 Å². The molecule has 0 spiro atoms. The van der Waals surface area contributed by atoms with Crippen LogP contribution in [0, 0.1) is 0 Å². The summed E-state index contributed by atoms with van der Waals surface area (Å²) >= 11 is 1.42. The first kappa shape index (κ1) is 21.6. The van der Waals surface area contributed by atoms with Gasteiger partial charge in [0.2, 0.25) is 5.91 Å². The van der Waals surface area contributed by atoms with Crippen LogP contribution in [0.1, 0.15) is 12.6 Å². The van der Waals surface area contributed by atoms with Crippen molar-refractivity contribution in [1.29, 1.82) is 0 Å². The van der Waals surface area contributed by atoms with Crippen LogP contribution in [-0.4, -0.2) is 30.3 Å². The summed E-state index contributed by atoms with van der Waals surface area (Å²) < 4.78 is 46.8. The minimum Gasteiger partial charge on any atom is -0.493 e. The van der Waals surface area contributed by atoms with Crippen molar-refractivity contribution in [3.8, 4) is 22.1 Å². The minimum absolute atomic E-state index is 0.0691. The van der Waals surface area contributed by atoms with Crippen LogP contribution >= 0.6 is 11.3 Å². The normalized spacial score (nSPS) is 11.2. The summed E-state index contributed by atoms with van der Waals surface area (Å²) in [5.41, 5.74) is 1.94. The number of aromatic nitrogens is 1. The fourth-order valence-corrected chi connectivity index (χ4v) is 3.46. The van der Waals surface area contributed by atoms with Crippen LogP contribution < -0.4 is 14.8 Å². The highest BCUT2D eigenvalue weighted by atomic mass is 32.1. The SMILES string of the molecule is CCOc1ccccc1-c1nc(CC(=O)Nc2ccc(OCC(F)(F)F)cc2)cs1. The first-order valence-corrected chi connectivity index (χ1v) is 9.98. The summed E-state index contributed by atoms with van der Waals surface area (Å²) in [6.45, 7) is 1.08. The van der Waals surface area contributed by atoms with Gasteiger partial charge in [-0.3, -0.25) is 4.79 Å². The zero-order valence-corrected chi connectivity index (χ0v) is 16.8. The maximum atomic E-state index is 12.3. The topological polar surface area (TPSA) is 60.5 Å². The number of halogens is 3. The molecule has 158 valence electrons. The van der Waals surface area contributed by atoms with Crippen LogP contribution in [0.3, 0.4) is 0 Å². The van der Waals surface area contributed by atoms with Crippen molar-refractivity contribution in [2.75, 3.05) is 18.5 Å². The van der Waals surface area contributed by atoms with Gasteiger partial charge in [0.1, 0.15) is 16.5 Å². The molecule has 0 saturated carbocycles. The van der Waals surface area contributed by atoms with Crippen LogP contribution in [0.25, 0.3) is 10.6 Å². The fraction of sp³-hybridized carbons (Fsp3) is 0.238. The molecule has 30 heavy (non-hydrogen) atoms. The third-order valence-electron chi connectivity index (χ3n) is 3.85.